The highest BCUT2D eigenvalue weighted by Crippen LogP contribution is 2.20. The molecule has 1 unspecified atom stereocenters. The SMILES string of the molecule is O=C(O)C(CCOC(F)(F)F)Cc1ccccc1F. The molecule has 0 saturated carbocycles. The Morgan fingerprint density at radius 2 is 1.95 bits per heavy atom. The molecule has 0 aliphatic carbocycles. The summed E-state index contributed by atoms with van der Waals surface area (Å²) in [5.74, 6) is -2.99. The van der Waals surface area contributed by atoms with Gasteiger partial charge in [-0.2, -0.15) is 0 Å². The van der Waals surface area contributed by atoms with E-state index in [0.717, 1.165) is 0 Å². The van der Waals surface area contributed by atoms with Gasteiger partial charge in [0, 0.05) is 0 Å². The van der Waals surface area contributed by atoms with Crippen LogP contribution in [-0.2, 0) is 16.0 Å². The summed E-state index contributed by atoms with van der Waals surface area (Å²) < 4.78 is 52.1. The molecule has 106 valence electrons. The maximum absolute atomic E-state index is 13.3. The van der Waals surface area contributed by atoms with Crippen molar-refractivity contribution in [2.45, 2.75) is 19.2 Å². The van der Waals surface area contributed by atoms with Gasteiger partial charge in [-0.1, -0.05) is 18.2 Å². The second-order valence-electron chi connectivity index (χ2n) is 3.91. The van der Waals surface area contributed by atoms with Crippen molar-refractivity contribution in [2.75, 3.05) is 6.61 Å². The average Bonchev–Trinajstić information content (AvgIpc) is 2.28. The molecule has 1 N–H and O–H groups in total. The highest BCUT2D eigenvalue weighted by atomic mass is 19.4. The summed E-state index contributed by atoms with van der Waals surface area (Å²) in [6.07, 6.45) is -5.31. The van der Waals surface area contributed by atoms with E-state index in [2.05, 4.69) is 4.74 Å². The number of carbonyl (C=O) groups is 1. The predicted octanol–water partition coefficient (Wildman–Crippen LogP) is 3.00. The Balaban J connectivity index is 2.59. The van der Waals surface area contributed by atoms with E-state index in [4.69, 9.17) is 5.11 Å². The van der Waals surface area contributed by atoms with Crippen molar-refractivity contribution in [1.82, 2.24) is 0 Å². The summed E-state index contributed by atoms with van der Waals surface area (Å²) in [7, 11) is 0. The van der Waals surface area contributed by atoms with Crippen molar-refractivity contribution < 1.29 is 32.2 Å². The zero-order valence-electron chi connectivity index (χ0n) is 9.78. The van der Waals surface area contributed by atoms with Crippen molar-refractivity contribution in [2.24, 2.45) is 5.92 Å². The first kappa shape index (κ1) is 15.4. The second-order valence-corrected chi connectivity index (χ2v) is 3.91. The maximum Gasteiger partial charge on any atom is 0.522 e. The lowest BCUT2D eigenvalue weighted by Gasteiger charge is -2.14. The molecule has 0 saturated heterocycles. The van der Waals surface area contributed by atoms with E-state index in [0.29, 0.717) is 0 Å². The van der Waals surface area contributed by atoms with Crippen LogP contribution in [-0.4, -0.2) is 24.0 Å². The molecule has 0 heterocycles. The molecule has 3 nitrogen and oxygen atoms in total. The molecule has 19 heavy (non-hydrogen) atoms. The summed E-state index contributed by atoms with van der Waals surface area (Å²) in [6, 6.07) is 5.54. The maximum atomic E-state index is 13.3. The van der Waals surface area contributed by atoms with Gasteiger partial charge in [-0.25, -0.2) is 4.39 Å². The molecule has 0 aromatic heterocycles. The zero-order chi connectivity index (χ0) is 14.5. The van der Waals surface area contributed by atoms with Crippen LogP contribution >= 0.6 is 0 Å². The van der Waals surface area contributed by atoms with Gasteiger partial charge in [0.2, 0.25) is 0 Å². The van der Waals surface area contributed by atoms with E-state index >= 15 is 0 Å². The largest absolute Gasteiger partial charge is 0.522 e. The van der Waals surface area contributed by atoms with Crippen LogP contribution in [0.25, 0.3) is 0 Å². The molecule has 0 bridgehead atoms. The topological polar surface area (TPSA) is 46.5 Å². The smallest absolute Gasteiger partial charge is 0.481 e. The standard InChI is InChI=1S/C12H12F4O3/c13-10-4-2-1-3-8(10)7-9(11(17)18)5-6-19-12(14,15)16/h1-4,9H,5-7H2,(H,17,18). The van der Waals surface area contributed by atoms with E-state index in [9.17, 15) is 22.4 Å². The van der Waals surface area contributed by atoms with E-state index in [1.54, 1.807) is 0 Å². The Kier molecular flexibility index (Phi) is 5.29. The summed E-state index contributed by atoms with van der Waals surface area (Å²) in [5, 5.41) is 8.90. The van der Waals surface area contributed by atoms with Crippen LogP contribution in [0.5, 0.6) is 0 Å². The highest BCUT2D eigenvalue weighted by Gasteiger charge is 2.30. The van der Waals surface area contributed by atoms with Crippen LogP contribution in [0.2, 0.25) is 0 Å². The Bertz CT molecular complexity index is 431. The number of alkyl halides is 3. The fraction of sp³-hybridized carbons (Fsp3) is 0.417. The molecule has 0 fully saturated rings. The number of carboxylic acid groups (broad SMARTS) is 1. The van der Waals surface area contributed by atoms with E-state index < -0.39 is 30.7 Å². The number of benzene rings is 1. The quantitative estimate of drug-likeness (QED) is 0.815. The van der Waals surface area contributed by atoms with Crippen molar-refractivity contribution in [3.05, 3.63) is 35.6 Å². The monoisotopic (exact) mass is 280 g/mol. The van der Waals surface area contributed by atoms with Gasteiger partial charge in [0.25, 0.3) is 0 Å². The lowest BCUT2D eigenvalue weighted by molar-refractivity contribution is -0.325. The molecular formula is C12H12F4O3. The first-order valence-corrected chi connectivity index (χ1v) is 5.46. The second kappa shape index (κ2) is 6.51. The Morgan fingerprint density at radius 1 is 1.32 bits per heavy atom. The molecule has 7 heteroatoms. The zero-order valence-corrected chi connectivity index (χ0v) is 9.78. The fourth-order valence-electron chi connectivity index (χ4n) is 1.56. The first-order valence-electron chi connectivity index (χ1n) is 5.46. The molecular weight excluding hydrogens is 268 g/mol. The van der Waals surface area contributed by atoms with Gasteiger partial charge in [0.15, 0.2) is 0 Å². The third-order valence-corrected chi connectivity index (χ3v) is 2.51. The summed E-state index contributed by atoms with van der Waals surface area (Å²) >= 11 is 0. The van der Waals surface area contributed by atoms with Gasteiger partial charge < -0.3 is 5.11 Å². The van der Waals surface area contributed by atoms with Crippen molar-refractivity contribution in [3.63, 3.8) is 0 Å². The summed E-state index contributed by atoms with van der Waals surface area (Å²) in [4.78, 5) is 10.9. The molecule has 1 atom stereocenters. The normalized spacial score (nSPS) is 13.3. The lowest BCUT2D eigenvalue weighted by atomic mass is 9.96. The van der Waals surface area contributed by atoms with Gasteiger partial charge in [0.05, 0.1) is 12.5 Å². The summed E-state index contributed by atoms with van der Waals surface area (Å²) in [5.41, 5.74) is 0.155. The Morgan fingerprint density at radius 3 is 2.47 bits per heavy atom. The number of carboxylic acids is 1. The van der Waals surface area contributed by atoms with Crippen molar-refractivity contribution in [3.8, 4) is 0 Å². The molecule has 1 aromatic rings. The third kappa shape index (κ3) is 5.69. The van der Waals surface area contributed by atoms with Crippen LogP contribution in [0.15, 0.2) is 24.3 Å². The molecule has 0 aliphatic heterocycles. The number of hydrogen-bond donors (Lipinski definition) is 1. The highest BCUT2D eigenvalue weighted by molar-refractivity contribution is 5.70. The summed E-state index contributed by atoms with van der Waals surface area (Å²) in [6.45, 7) is -0.769. The Hall–Kier alpha value is -1.63. The predicted molar refractivity (Wildman–Crippen MR) is 57.9 cm³/mol. The van der Waals surface area contributed by atoms with Crippen LogP contribution < -0.4 is 0 Å². The number of aliphatic carboxylic acids is 1. The van der Waals surface area contributed by atoms with Gasteiger partial charge >= 0.3 is 12.3 Å². The van der Waals surface area contributed by atoms with E-state index in [1.807, 2.05) is 0 Å². The van der Waals surface area contributed by atoms with Crippen molar-refractivity contribution in [1.29, 1.82) is 0 Å². The third-order valence-electron chi connectivity index (χ3n) is 2.51. The van der Waals surface area contributed by atoms with E-state index in [-0.39, 0.29) is 18.4 Å². The minimum Gasteiger partial charge on any atom is -0.481 e. The van der Waals surface area contributed by atoms with Gasteiger partial charge in [-0.15, -0.1) is 13.2 Å². The fourth-order valence-corrected chi connectivity index (χ4v) is 1.56. The minimum absolute atomic E-state index is 0.155. The van der Waals surface area contributed by atoms with Crippen LogP contribution in [0.4, 0.5) is 17.6 Å². The van der Waals surface area contributed by atoms with E-state index in [1.165, 1.54) is 24.3 Å². The molecule has 0 spiro atoms. The number of halogens is 4. The van der Waals surface area contributed by atoms with Gasteiger partial charge in [0.1, 0.15) is 5.82 Å². The minimum atomic E-state index is -4.79. The molecule has 0 radical (unpaired) electrons. The average molecular weight is 280 g/mol. The molecule has 0 amide bonds. The number of rotatable bonds is 6. The Labute approximate surface area is 106 Å². The van der Waals surface area contributed by atoms with Gasteiger partial charge in [-0.3, -0.25) is 9.53 Å². The van der Waals surface area contributed by atoms with Crippen LogP contribution in [0, 0.1) is 11.7 Å². The van der Waals surface area contributed by atoms with Crippen LogP contribution in [0.3, 0.4) is 0 Å². The number of ether oxygens (including phenoxy) is 1. The van der Waals surface area contributed by atoms with Crippen LogP contribution in [0.1, 0.15) is 12.0 Å². The van der Waals surface area contributed by atoms with Gasteiger partial charge in [-0.05, 0) is 24.5 Å². The molecule has 1 aromatic carbocycles. The first-order chi connectivity index (χ1) is 8.79. The molecule has 1 rings (SSSR count). The molecule has 0 aliphatic rings. The number of hydrogen-bond acceptors (Lipinski definition) is 2. The van der Waals surface area contributed by atoms with Crippen molar-refractivity contribution >= 4 is 5.97 Å². The lowest BCUT2D eigenvalue weighted by Crippen LogP contribution is -2.22.